The predicted octanol–water partition coefficient (Wildman–Crippen LogP) is 2.39. The maximum absolute atomic E-state index is 11.9. The van der Waals surface area contributed by atoms with Gasteiger partial charge in [0.15, 0.2) is 0 Å². The van der Waals surface area contributed by atoms with Gasteiger partial charge in [-0.15, -0.1) is 0 Å². The van der Waals surface area contributed by atoms with Crippen molar-refractivity contribution in [3.8, 4) is 11.8 Å². The Kier molecular flexibility index (Phi) is 5.87. The lowest BCUT2D eigenvalue weighted by Crippen LogP contribution is -2.34. The largest absolute Gasteiger partial charge is 0.497 e. The normalized spacial score (nSPS) is 11.5. The Labute approximate surface area is 114 Å². The van der Waals surface area contributed by atoms with Gasteiger partial charge in [-0.3, -0.25) is 4.79 Å². The van der Waals surface area contributed by atoms with Gasteiger partial charge >= 0.3 is 0 Å². The second-order valence-electron chi connectivity index (χ2n) is 4.56. The van der Waals surface area contributed by atoms with Gasteiger partial charge in [0.05, 0.1) is 19.6 Å². The Balaban J connectivity index is 2.47. The van der Waals surface area contributed by atoms with E-state index in [0.29, 0.717) is 19.3 Å². The highest BCUT2D eigenvalue weighted by Crippen LogP contribution is 2.13. The molecule has 0 bridgehead atoms. The van der Waals surface area contributed by atoms with E-state index < -0.39 is 0 Å². The molecule has 4 nitrogen and oxygen atoms in total. The monoisotopic (exact) mass is 260 g/mol. The highest BCUT2D eigenvalue weighted by atomic mass is 16.5. The maximum atomic E-state index is 11.9. The van der Waals surface area contributed by atoms with Crippen LogP contribution in [-0.2, 0) is 11.2 Å². The van der Waals surface area contributed by atoms with Gasteiger partial charge in [-0.2, -0.15) is 5.26 Å². The van der Waals surface area contributed by atoms with E-state index in [4.69, 9.17) is 10.00 Å². The number of nitrogens with zero attached hydrogens (tertiary/aromatic N) is 2. The minimum absolute atomic E-state index is 0.0339. The third-order valence-electron chi connectivity index (χ3n) is 3.23. The molecule has 0 aliphatic heterocycles. The number of aryl methyl sites for hydroxylation is 1. The SMILES string of the molecule is COc1ccc(CCC(=O)N(C)C(C)CC#N)cc1. The van der Waals surface area contributed by atoms with Crippen molar-refractivity contribution in [1.82, 2.24) is 4.90 Å². The fourth-order valence-corrected chi connectivity index (χ4v) is 1.73. The molecule has 0 spiro atoms. The summed E-state index contributed by atoms with van der Waals surface area (Å²) in [5.41, 5.74) is 1.11. The van der Waals surface area contributed by atoms with Gasteiger partial charge in [-0.05, 0) is 31.0 Å². The molecule has 0 N–H and O–H groups in total. The van der Waals surface area contributed by atoms with Gasteiger partial charge in [-0.1, -0.05) is 12.1 Å². The van der Waals surface area contributed by atoms with Gasteiger partial charge in [-0.25, -0.2) is 0 Å². The third kappa shape index (κ3) is 4.63. The molecule has 0 saturated carbocycles. The van der Waals surface area contributed by atoms with Gasteiger partial charge in [0.2, 0.25) is 5.91 Å². The minimum Gasteiger partial charge on any atom is -0.497 e. The lowest BCUT2D eigenvalue weighted by molar-refractivity contribution is -0.131. The molecule has 1 amide bonds. The molecular formula is C15H20N2O2. The van der Waals surface area contributed by atoms with Crippen LogP contribution < -0.4 is 4.74 Å². The van der Waals surface area contributed by atoms with Crippen molar-refractivity contribution in [2.75, 3.05) is 14.2 Å². The smallest absolute Gasteiger partial charge is 0.222 e. The molecule has 0 saturated heterocycles. The van der Waals surface area contributed by atoms with E-state index in [1.807, 2.05) is 31.2 Å². The number of methoxy groups -OCH3 is 1. The van der Waals surface area contributed by atoms with Crippen molar-refractivity contribution in [1.29, 1.82) is 5.26 Å². The number of rotatable bonds is 6. The first-order valence-electron chi connectivity index (χ1n) is 6.34. The zero-order valence-electron chi connectivity index (χ0n) is 11.7. The summed E-state index contributed by atoms with van der Waals surface area (Å²) < 4.78 is 5.09. The quantitative estimate of drug-likeness (QED) is 0.789. The fraction of sp³-hybridized carbons (Fsp3) is 0.467. The molecule has 0 fully saturated rings. The van der Waals surface area contributed by atoms with Gasteiger partial charge in [0.25, 0.3) is 0 Å². The number of amides is 1. The highest BCUT2D eigenvalue weighted by Gasteiger charge is 2.14. The molecule has 1 rings (SSSR count). The van der Waals surface area contributed by atoms with Crippen LogP contribution in [0.3, 0.4) is 0 Å². The average Bonchev–Trinajstić information content (AvgIpc) is 2.44. The summed E-state index contributed by atoms with van der Waals surface area (Å²) in [6.45, 7) is 1.88. The third-order valence-corrected chi connectivity index (χ3v) is 3.23. The van der Waals surface area contributed by atoms with E-state index in [0.717, 1.165) is 11.3 Å². The van der Waals surface area contributed by atoms with Crippen LogP contribution in [0.2, 0.25) is 0 Å². The lowest BCUT2D eigenvalue weighted by atomic mass is 10.1. The van der Waals surface area contributed by atoms with E-state index >= 15 is 0 Å². The zero-order valence-corrected chi connectivity index (χ0v) is 11.7. The summed E-state index contributed by atoms with van der Waals surface area (Å²) in [6.07, 6.45) is 1.52. The number of benzene rings is 1. The van der Waals surface area contributed by atoms with Gasteiger partial charge < -0.3 is 9.64 Å². The molecule has 0 aromatic heterocycles. The van der Waals surface area contributed by atoms with E-state index in [1.165, 1.54) is 0 Å². The number of hydrogen-bond donors (Lipinski definition) is 0. The Hall–Kier alpha value is -2.02. The van der Waals surface area contributed by atoms with Crippen LogP contribution in [0, 0.1) is 11.3 Å². The molecule has 1 unspecified atom stereocenters. The number of nitriles is 1. The molecule has 0 heterocycles. The van der Waals surface area contributed by atoms with E-state index in [2.05, 4.69) is 6.07 Å². The van der Waals surface area contributed by atoms with Crippen molar-refractivity contribution in [2.45, 2.75) is 32.2 Å². The molecule has 102 valence electrons. The van der Waals surface area contributed by atoms with Crippen molar-refractivity contribution >= 4 is 5.91 Å². The summed E-state index contributed by atoms with van der Waals surface area (Å²) in [4.78, 5) is 13.6. The standard InChI is InChI=1S/C15H20N2O2/c1-12(10-11-16)17(2)15(18)9-6-13-4-7-14(19-3)8-5-13/h4-5,7-8,12H,6,9-10H2,1-3H3. The van der Waals surface area contributed by atoms with Crippen LogP contribution >= 0.6 is 0 Å². The molecule has 1 aromatic carbocycles. The first kappa shape index (κ1) is 15.0. The van der Waals surface area contributed by atoms with Crippen molar-refractivity contribution < 1.29 is 9.53 Å². The first-order chi connectivity index (χ1) is 9.08. The Morgan fingerprint density at radius 1 is 1.42 bits per heavy atom. The predicted molar refractivity (Wildman–Crippen MR) is 73.8 cm³/mol. The molecule has 1 aromatic rings. The van der Waals surface area contributed by atoms with E-state index in [9.17, 15) is 4.79 Å². The molecule has 0 radical (unpaired) electrons. The maximum Gasteiger partial charge on any atom is 0.222 e. The Bertz CT molecular complexity index is 448. The van der Waals surface area contributed by atoms with Crippen LogP contribution in [0.1, 0.15) is 25.3 Å². The van der Waals surface area contributed by atoms with Crippen LogP contribution in [-0.4, -0.2) is 31.0 Å². The molecule has 4 heteroatoms. The van der Waals surface area contributed by atoms with Crippen molar-refractivity contribution in [3.05, 3.63) is 29.8 Å². The second kappa shape index (κ2) is 7.42. The van der Waals surface area contributed by atoms with Crippen molar-refractivity contribution in [3.63, 3.8) is 0 Å². The number of carbonyl (C=O) groups excluding carboxylic acids is 1. The minimum atomic E-state index is -0.0339. The van der Waals surface area contributed by atoms with Crippen LogP contribution in [0.5, 0.6) is 5.75 Å². The second-order valence-corrected chi connectivity index (χ2v) is 4.56. The topological polar surface area (TPSA) is 53.3 Å². The summed E-state index contributed by atoms with van der Waals surface area (Å²) >= 11 is 0. The molecule has 0 aliphatic carbocycles. The Morgan fingerprint density at radius 2 is 2.05 bits per heavy atom. The highest BCUT2D eigenvalue weighted by molar-refractivity contribution is 5.76. The number of carbonyl (C=O) groups is 1. The summed E-state index contributed by atoms with van der Waals surface area (Å²) in [7, 11) is 3.38. The van der Waals surface area contributed by atoms with E-state index in [1.54, 1.807) is 19.1 Å². The van der Waals surface area contributed by atoms with E-state index in [-0.39, 0.29) is 11.9 Å². The fourth-order valence-electron chi connectivity index (χ4n) is 1.73. The average molecular weight is 260 g/mol. The van der Waals surface area contributed by atoms with Crippen molar-refractivity contribution in [2.24, 2.45) is 0 Å². The lowest BCUT2D eigenvalue weighted by Gasteiger charge is -2.22. The first-order valence-corrected chi connectivity index (χ1v) is 6.34. The molecule has 0 aliphatic rings. The summed E-state index contributed by atoms with van der Waals surface area (Å²) in [5, 5.41) is 8.62. The van der Waals surface area contributed by atoms with Crippen LogP contribution in [0.25, 0.3) is 0 Å². The zero-order chi connectivity index (χ0) is 14.3. The summed E-state index contributed by atoms with van der Waals surface area (Å²) in [6, 6.07) is 9.76. The Morgan fingerprint density at radius 3 is 2.58 bits per heavy atom. The molecule has 19 heavy (non-hydrogen) atoms. The number of hydrogen-bond acceptors (Lipinski definition) is 3. The van der Waals surface area contributed by atoms with Gasteiger partial charge in [0.1, 0.15) is 5.75 Å². The number of ether oxygens (including phenoxy) is 1. The van der Waals surface area contributed by atoms with Crippen LogP contribution in [0.4, 0.5) is 0 Å². The molecular weight excluding hydrogens is 240 g/mol. The molecule has 1 atom stereocenters. The van der Waals surface area contributed by atoms with Crippen LogP contribution in [0.15, 0.2) is 24.3 Å². The summed E-state index contributed by atoms with van der Waals surface area (Å²) in [5.74, 6) is 0.883. The van der Waals surface area contributed by atoms with Gasteiger partial charge in [0, 0.05) is 19.5 Å².